The molecule has 0 amide bonds. The van der Waals surface area contributed by atoms with Gasteiger partial charge in [0.2, 0.25) is 0 Å². The van der Waals surface area contributed by atoms with E-state index in [0.29, 0.717) is 11.4 Å². The minimum absolute atomic E-state index is 0.0404. The summed E-state index contributed by atoms with van der Waals surface area (Å²) < 4.78 is 15.6. The number of carboxylic acids is 1. The molecule has 0 atom stereocenters. The molecule has 0 saturated carbocycles. The van der Waals surface area contributed by atoms with E-state index in [-0.39, 0.29) is 48.9 Å². The van der Waals surface area contributed by atoms with Crippen LogP contribution in [0.5, 0.6) is 5.75 Å². The second-order valence-electron chi connectivity index (χ2n) is 7.43. The Hall–Kier alpha value is -4.68. The number of carbonyl (C=O) groups is 4. The Kier molecular flexibility index (Phi) is 10.8. The summed E-state index contributed by atoms with van der Waals surface area (Å²) in [7, 11) is 1.43. The molecule has 0 aliphatic heterocycles. The minimum Gasteiger partial charge on any atom is -0.494 e. The standard InChI is InChI=1S/C24H28N4O9/c1-15(29)35-11-9-28(10-12-36-16(2)30)22-13-21(27-37-17(3)31)20(14-23(22)34-4)26-25-19-8-6-5-7-18(19)24(32)33/h5-8,13-14,27H,9-12H2,1-4H3,(H,32,33). The van der Waals surface area contributed by atoms with Gasteiger partial charge in [-0.15, -0.1) is 10.2 Å². The number of benzene rings is 2. The van der Waals surface area contributed by atoms with Crippen molar-refractivity contribution >= 4 is 46.6 Å². The number of hydrogen-bond acceptors (Lipinski definition) is 12. The van der Waals surface area contributed by atoms with E-state index in [1.807, 2.05) is 0 Å². The van der Waals surface area contributed by atoms with Gasteiger partial charge in [-0.3, -0.25) is 14.4 Å². The van der Waals surface area contributed by atoms with Crippen molar-refractivity contribution in [3.63, 3.8) is 0 Å². The van der Waals surface area contributed by atoms with Crippen LogP contribution in [0.3, 0.4) is 0 Å². The van der Waals surface area contributed by atoms with Crippen LogP contribution < -0.4 is 15.1 Å². The number of hydrogen-bond donors (Lipinski definition) is 2. The largest absolute Gasteiger partial charge is 0.494 e. The molecule has 0 fully saturated rings. The van der Waals surface area contributed by atoms with Crippen LogP contribution in [0.25, 0.3) is 0 Å². The summed E-state index contributed by atoms with van der Waals surface area (Å²) in [6.45, 7) is 4.29. The average molecular weight is 517 g/mol. The van der Waals surface area contributed by atoms with Gasteiger partial charge >= 0.3 is 23.9 Å². The maximum Gasteiger partial charge on any atom is 0.337 e. The van der Waals surface area contributed by atoms with E-state index in [4.69, 9.17) is 19.0 Å². The van der Waals surface area contributed by atoms with Gasteiger partial charge in [0.25, 0.3) is 0 Å². The third-order valence-corrected chi connectivity index (χ3v) is 4.68. The molecule has 37 heavy (non-hydrogen) atoms. The molecule has 13 heteroatoms. The molecule has 0 aliphatic rings. The number of nitrogens with zero attached hydrogens (tertiary/aromatic N) is 3. The third kappa shape index (κ3) is 9.12. The predicted octanol–water partition coefficient (Wildman–Crippen LogP) is 3.63. The summed E-state index contributed by atoms with van der Waals surface area (Å²) in [4.78, 5) is 52.1. The fraction of sp³-hybridized carbons (Fsp3) is 0.333. The summed E-state index contributed by atoms with van der Waals surface area (Å²) in [6, 6.07) is 9.12. The number of esters is 2. The minimum atomic E-state index is -1.17. The maximum atomic E-state index is 11.5. The van der Waals surface area contributed by atoms with Crippen LogP contribution in [0.15, 0.2) is 46.6 Å². The summed E-state index contributed by atoms with van der Waals surface area (Å²) in [5, 5.41) is 17.6. The maximum absolute atomic E-state index is 11.5. The highest BCUT2D eigenvalue weighted by atomic mass is 16.7. The quantitative estimate of drug-likeness (QED) is 0.173. The molecule has 0 aliphatic carbocycles. The highest BCUT2D eigenvalue weighted by Gasteiger charge is 2.19. The van der Waals surface area contributed by atoms with Gasteiger partial charge in [0.1, 0.15) is 36.0 Å². The zero-order chi connectivity index (χ0) is 27.4. The van der Waals surface area contributed by atoms with Crippen LogP contribution in [0, 0.1) is 0 Å². The molecule has 0 unspecified atom stereocenters. The lowest BCUT2D eigenvalue weighted by Crippen LogP contribution is -2.32. The van der Waals surface area contributed by atoms with Crippen LogP contribution >= 0.6 is 0 Å². The number of carboxylic acid groups (broad SMARTS) is 1. The predicted molar refractivity (Wildman–Crippen MR) is 131 cm³/mol. The fourth-order valence-electron chi connectivity index (χ4n) is 3.06. The number of ether oxygens (including phenoxy) is 3. The number of rotatable bonds is 13. The van der Waals surface area contributed by atoms with Crippen LogP contribution in [0.1, 0.15) is 31.1 Å². The fourth-order valence-corrected chi connectivity index (χ4v) is 3.06. The smallest absolute Gasteiger partial charge is 0.337 e. The van der Waals surface area contributed by atoms with Crippen molar-refractivity contribution in [3.8, 4) is 5.75 Å². The molecular formula is C24H28N4O9. The Balaban J connectivity index is 2.51. The van der Waals surface area contributed by atoms with Crippen molar-refractivity contribution in [2.75, 3.05) is 43.8 Å². The van der Waals surface area contributed by atoms with E-state index in [9.17, 15) is 24.3 Å². The van der Waals surface area contributed by atoms with Gasteiger partial charge in [0, 0.05) is 26.8 Å². The Bertz CT molecular complexity index is 1150. The molecule has 2 aromatic rings. The van der Waals surface area contributed by atoms with Gasteiger partial charge in [-0.25, -0.2) is 10.3 Å². The van der Waals surface area contributed by atoms with Crippen LogP contribution in [-0.2, 0) is 28.7 Å². The lowest BCUT2D eigenvalue weighted by atomic mass is 10.2. The Labute approximate surface area is 212 Å². The van der Waals surface area contributed by atoms with E-state index < -0.39 is 23.9 Å². The molecule has 0 aromatic heterocycles. The number of anilines is 2. The number of carbonyl (C=O) groups excluding carboxylic acids is 3. The molecule has 2 aromatic carbocycles. The first-order chi connectivity index (χ1) is 17.6. The Morgan fingerprint density at radius 2 is 1.49 bits per heavy atom. The van der Waals surface area contributed by atoms with Crippen LogP contribution in [0.2, 0.25) is 0 Å². The molecule has 0 heterocycles. The lowest BCUT2D eigenvalue weighted by molar-refractivity contribution is -0.141. The average Bonchev–Trinajstić information content (AvgIpc) is 2.84. The van der Waals surface area contributed by atoms with E-state index in [1.54, 1.807) is 23.1 Å². The lowest BCUT2D eigenvalue weighted by Gasteiger charge is -2.27. The van der Waals surface area contributed by atoms with E-state index >= 15 is 0 Å². The molecule has 2 N–H and O–H groups in total. The highest BCUT2D eigenvalue weighted by Crippen LogP contribution is 2.39. The van der Waals surface area contributed by atoms with E-state index in [2.05, 4.69) is 15.7 Å². The van der Waals surface area contributed by atoms with Gasteiger partial charge in [-0.1, -0.05) is 12.1 Å². The number of nitrogens with one attached hydrogen (secondary N) is 1. The van der Waals surface area contributed by atoms with Crippen molar-refractivity contribution in [2.45, 2.75) is 20.8 Å². The van der Waals surface area contributed by atoms with Gasteiger partial charge in [0.15, 0.2) is 0 Å². The van der Waals surface area contributed by atoms with Crippen LogP contribution in [-0.4, -0.2) is 62.4 Å². The molecule has 0 saturated heterocycles. The monoisotopic (exact) mass is 516 g/mol. The molecular weight excluding hydrogens is 488 g/mol. The zero-order valence-electron chi connectivity index (χ0n) is 20.8. The second kappa shape index (κ2) is 14.0. The number of aromatic carboxylic acids is 1. The third-order valence-electron chi connectivity index (χ3n) is 4.68. The molecule has 198 valence electrons. The van der Waals surface area contributed by atoms with Gasteiger partial charge in [-0.2, -0.15) is 0 Å². The van der Waals surface area contributed by atoms with E-state index in [0.717, 1.165) is 0 Å². The van der Waals surface area contributed by atoms with Crippen molar-refractivity contribution in [1.29, 1.82) is 0 Å². The van der Waals surface area contributed by atoms with Crippen molar-refractivity contribution in [2.24, 2.45) is 10.2 Å². The van der Waals surface area contributed by atoms with Gasteiger partial charge < -0.3 is 29.1 Å². The first-order valence-electron chi connectivity index (χ1n) is 11.0. The molecule has 2 rings (SSSR count). The first-order valence-corrected chi connectivity index (χ1v) is 11.0. The normalized spacial score (nSPS) is 10.5. The summed E-state index contributed by atoms with van der Waals surface area (Å²) in [6.07, 6.45) is 0. The molecule has 0 spiro atoms. The van der Waals surface area contributed by atoms with Crippen molar-refractivity contribution in [1.82, 2.24) is 0 Å². The Morgan fingerprint density at radius 3 is 2.03 bits per heavy atom. The van der Waals surface area contributed by atoms with Crippen molar-refractivity contribution in [3.05, 3.63) is 42.0 Å². The summed E-state index contributed by atoms with van der Waals surface area (Å²) in [5.41, 5.74) is 3.41. The SMILES string of the molecule is COc1cc(N=Nc2ccccc2C(=O)O)c(NOC(C)=O)cc1N(CCOC(C)=O)CCOC(C)=O. The first kappa shape index (κ1) is 28.6. The number of azo groups is 1. The topological polar surface area (TPSA) is 165 Å². The molecule has 0 bridgehead atoms. The second-order valence-corrected chi connectivity index (χ2v) is 7.43. The number of methoxy groups -OCH3 is 1. The molecule has 13 nitrogen and oxygen atoms in total. The van der Waals surface area contributed by atoms with Crippen molar-refractivity contribution < 1.29 is 43.3 Å². The summed E-state index contributed by atoms with van der Waals surface area (Å²) in [5.74, 6) is -2.39. The van der Waals surface area contributed by atoms with Gasteiger partial charge in [-0.05, 0) is 18.2 Å². The summed E-state index contributed by atoms with van der Waals surface area (Å²) >= 11 is 0. The Morgan fingerprint density at radius 1 is 0.892 bits per heavy atom. The van der Waals surface area contributed by atoms with E-state index in [1.165, 1.54) is 46.1 Å². The van der Waals surface area contributed by atoms with Gasteiger partial charge in [0.05, 0.1) is 31.5 Å². The van der Waals surface area contributed by atoms with Crippen LogP contribution in [0.4, 0.5) is 22.7 Å². The highest BCUT2D eigenvalue weighted by molar-refractivity contribution is 5.93. The zero-order valence-corrected chi connectivity index (χ0v) is 20.8. The molecule has 0 radical (unpaired) electrons.